The summed E-state index contributed by atoms with van der Waals surface area (Å²) in [7, 11) is 0. The molecule has 7 heteroatoms. The number of nitrogens with zero attached hydrogens (tertiary/aromatic N) is 2. The number of rotatable bonds is 2. The summed E-state index contributed by atoms with van der Waals surface area (Å²) in [6.07, 6.45) is 0. The van der Waals surface area contributed by atoms with Crippen molar-refractivity contribution in [2.75, 3.05) is 0 Å². The van der Waals surface area contributed by atoms with E-state index in [2.05, 4.69) is 0 Å². The van der Waals surface area contributed by atoms with Gasteiger partial charge in [-0.3, -0.25) is 10.1 Å². The van der Waals surface area contributed by atoms with Crippen molar-refractivity contribution in [1.29, 1.82) is 5.26 Å². The van der Waals surface area contributed by atoms with Crippen LogP contribution in [-0.2, 0) is 0 Å². The van der Waals surface area contributed by atoms with Crippen LogP contribution < -0.4 is 5.63 Å². The van der Waals surface area contributed by atoms with Crippen LogP contribution in [0.1, 0.15) is 0 Å². The Balaban J connectivity index is 2.94. The number of hydrogen-bond acceptors (Lipinski definition) is 6. The summed E-state index contributed by atoms with van der Waals surface area (Å²) >= 11 is 0.578. The quantitative estimate of drug-likeness (QED) is 0.266. The van der Waals surface area contributed by atoms with Crippen LogP contribution in [0.5, 0.6) is 0 Å². The summed E-state index contributed by atoms with van der Waals surface area (Å²) in [5.74, 6) is 0. The molecule has 0 amide bonds. The lowest BCUT2D eigenvalue weighted by Gasteiger charge is -2.01. The van der Waals surface area contributed by atoms with Crippen molar-refractivity contribution >= 4 is 28.4 Å². The molecule has 0 saturated heterocycles. The van der Waals surface area contributed by atoms with Crippen LogP contribution >= 0.6 is 11.8 Å². The van der Waals surface area contributed by atoms with Gasteiger partial charge in [0.2, 0.25) is 0 Å². The van der Waals surface area contributed by atoms with Crippen LogP contribution in [0.3, 0.4) is 0 Å². The molecule has 0 unspecified atom stereocenters. The zero-order valence-electron chi connectivity index (χ0n) is 8.25. The lowest BCUT2D eigenvalue weighted by atomic mass is 10.2. The van der Waals surface area contributed by atoms with Gasteiger partial charge in [0, 0.05) is 5.39 Å². The Morgan fingerprint density at radius 1 is 1.41 bits per heavy atom. The average molecular weight is 248 g/mol. The predicted molar refractivity (Wildman–Crippen MR) is 60.6 cm³/mol. The minimum atomic E-state index is -1.05. The molecule has 0 radical (unpaired) electrons. The molecule has 0 saturated carbocycles. The number of hydrogen-bond donors (Lipinski definition) is 0. The van der Waals surface area contributed by atoms with Gasteiger partial charge in [-0.25, -0.2) is 4.79 Å². The first kappa shape index (κ1) is 11.2. The summed E-state index contributed by atoms with van der Waals surface area (Å²) in [4.78, 5) is 21.4. The fourth-order valence-corrected chi connectivity index (χ4v) is 2.04. The van der Waals surface area contributed by atoms with E-state index in [1.807, 2.05) is 0 Å². The zero-order chi connectivity index (χ0) is 12.4. The molecule has 0 aliphatic carbocycles. The highest BCUT2D eigenvalue weighted by atomic mass is 32.2. The Labute approximate surface area is 98.6 Å². The van der Waals surface area contributed by atoms with E-state index in [1.165, 1.54) is 6.07 Å². The number of para-hydroxylation sites is 1. The van der Waals surface area contributed by atoms with Crippen LogP contribution in [0.25, 0.3) is 11.0 Å². The van der Waals surface area contributed by atoms with E-state index in [4.69, 9.17) is 9.68 Å². The molecule has 0 aliphatic heterocycles. The molecule has 1 aromatic carbocycles. The minimum absolute atomic E-state index is 0.0179. The number of fused-ring (bicyclic) bond motifs is 1. The van der Waals surface area contributed by atoms with E-state index < -0.39 is 16.2 Å². The SMILES string of the molecule is N#CSc1c([N+](=O)[O-])c(=O)oc2ccccc12. The molecule has 2 rings (SSSR count). The standard InChI is InChI=1S/C10H4N2O4S/c11-5-17-9-6-3-1-2-4-7(6)16-10(13)8(9)12(14)15/h1-4H. The van der Waals surface area contributed by atoms with E-state index in [0.29, 0.717) is 17.1 Å². The van der Waals surface area contributed by atoms with Crippen LogP contribution in [0.4, 0.5) is 5.69 Å². The molecular formula is C10H4N2O4S. The second kappa shape index (κ2) is 4.27. The first-order chi connectivity index (χ1) is 8.15. The molecule has 0 spiro atoms. The number of benzene rings is 1. The lowest BCUT2D eigenvalue weighted by Crippen LogP contribution is -2.08. The number of nitriles is 1. The second-order valence-corrected chi connectivity index (χ2v) is 3.81. The first-order valence-corrected chi connectivity index (χ1v) is 5.23. The van der Waals surface area contributed by atoms with Crippen molar-refractivity contribution in [3.05, 3.63) is 44.8 Å². The average Bonchev–Trinajstić information content (AvgIpc) is 2.28. The fraction of sp³-hybridized carbons (Fsp3) is 0. The van der Waals surface area contributed by atoms with Crippen LogP contribution in [0.15, 0.2) is 38.4 Å². The van der Waals surface area contributed by atoms with Gasteiger partial charge in [0.1, 0.15) is 15.9 Å². The number of thioether (sulfide) groups is 1. The molecule has 0 N–H and O–H groups in total. The lowest BCUT2D eigenvalue weighted by molar-refractivity contribution is -0.390. The van der Waals surface area contributed by atoms with Gasteiger partial charge in [-0.1, -0.05) is 12.1 Å². The summed E-state index contributed by atoms with van der Waals surface area (Å²) in [6.45, 7) is 0. The molecule has 0 aliphatic rings. The summed E-state index contributed by atoms with van der Waals surface area (Å²) in [5.41, 5.74) is -1.53. The van der Waals surface area contributed by atoms with E-state index in [1.54, 1.807) is 23.6 Å². The second-order valence-electron chi connectivity index (χ2n) is 3.01. The number of nitro groups is 1. The summed E-state index contributed by atoms with van der Waals surface area (Å²) < 4.78 is 4.82. The van der Waals surface area contributed by atoms with E-state index in [0.717, 1.165) is 0 Å². The molecule has 0 fully saturated rings. The highest BCUT2D eigenvalue weighted by Crippen LogP contribution is 2.32. The monoisotopic (exact) mass is 248 g/mol. The van der Waals surface area contributed by atoms with Crippen LogP contribution in [-0.4, -0.2) is 4.92 Å². The minimum Gasteiger partial charge on any atom is -0.418 e. The van der Waals surface area contributed by atoms with Gasteiger partial charge in [-0.2, -0.15) is 5.26 Å². The van der Waals surface area contributed by atoms with Crippen molar-refractivity contribution in [2.45, 2.75) is 4.90 Å². The van der Waals surface area contributed by atoms with Gasteiger partial charge in [0.25, 0.3) is 0 Å². The van der Waals surface area contributed by atoms with Gasteiger partial charge in [-0.05, 0) is 23.9 Å². The summed E-state index contributed by atoms with van der Waals surface area (Å²) in [6, 6.07) is 6.36. The molecule has 6 nitrogen and oxygen atoms in total. The fourth-order valence-electron chi connectivity index (χ4n) is 1.42. The Morgan fingerprint density at radius 2 is 2.12 bits per heavy atom. The van der Waals surface area contributed by atoms with Crippen molar-refractivity contribution in [1.82, 2.24) is 0 Å². The van der Waals surface area contributed by atoms with E-state index in [-0.39, 0.29) is 10.5 Å². The van der Waals surface area contributed by atoms with Gasteiger partial charge < -0.3 is 4.42 Å². The first-order valence-electron chi connectivity index (χ1n) is 4.41. The van der Waals surface area contributed by atoms with Gasteiger partial charge in [0.05, 0.1) is 4.92 Å². The normalized spacial score (nSPS) is 10.1. The zero-order valence-corrected chi connectivity index (χ0v) is 9.06. The topological polar surface area (TPSA) is 97.1 Å². The molecule has 17 heavy (non-hydrogen) atoms. The highest BCUT2D eigenvalue weighted by Gasteiger charge is 2.24. The van der Waals surface area contributed by atoms with E-state index in [9.17, 15) is 14.9 Å². The summed E-state index contributed by atoms with van der Waals surface area (Å²) in [5, 5.41) is 21.5. The smallest absolute Gasteiger partial charge is 0.416 e. The molecule has 84 valence electrons. The third-order valence-electron chi connectivity index (χ3n) is 2.07. The molecule has 2 aromatic rings. The molecule has 1 heterocycles. The Morgan fingerprint density at radius 3 is 2.76 bits per heavy atom. The maximum Gasteiger partial charge on any atom is 0.416 e. The third-order valence-corrected chi connectivity index (χ3v) is 2.78. The maximum atomic E-state index is 11.4. The van der Waals surface area contributed by atoms with Crippen molar-refractivity contribution in [2.24, 2.45) is 0 Å². The van der Waals surface area contributed by atoms with Gasteiger partial charge in [-0.15, -0.1) is 0 Å². The Bertz CT molecular complexity index is 701. The van der Waals surface area contributed by atoms with E-state index >= 15 is 0 Å². The van der Waals surface area contributed by atoms with Crippen LogP contribution in [0.2, 0.25) is 0 Å². The van der Waals surface area contributed by atoms with Crippen molar-refractivity contribution in [3.8, 4) is 5.40 Å². The molecule has 1 aromatic heterocycles. The Hall–Kier alpha value is -2.33. The van der Waals surface area contributed by atoms with Crippen molar-refractivity contribution < 1.29 is 9.34 Å². The van der Waals surface area contributed by atoms with Crippen molar-refractivity contribution in [3.63, 3.8) is 0 Å². The predicted octanol–water partition coefficient (Wildman–Crippen LogP) is 2.27. The third kappa shape index (κ3) is 1.86. The van der Waals surface area contributed by atoms with Crippen LogP contribution in [0, 0.1) is 20.8 Å². The maximum absolute atomic E-state index is 11.4. The molecule has 0 atom stereocenters. The largest absolute Gasteiger partial charge is 0.418 e. The van der Waals surface area contributed by atoms with Gasteiger partial charge in [0.15, 0.2) is 0 Å². The highest BCUT2D eigenvalue weighted by molar-refractivity contribution is 8.04. The molecule has 0 bridgehead atoms. The number of thiocyanates is 1. The van der Waals surface area contributed by atoms with Gasteiger partial charge >= 0.3 is 11.3 Å². The molecular weight excluding hydrogens is 244 g/mol. The Kier molecular flexibility index (Phi) is 2.80.